The van der Waals surface area contributed by atoms with Crippen LogP contribution >= 0.6 is 0 Å². The van der Waals surface area contributed by atoms with Gasteiger partial charge >= 0.3 is 6.18 Å². The van der Waals surface area contributed by atoms with E-state index in [9.17, 15) is 13.2 Å². The summed E-state index contributed by atoms with van der Waals surface area (Å²) >= 11 is 0. The van der Waals surface area contributed by atoms with E-state index in [1.165, 1.54) is 15.9 Å². The molecule has 1 rings (SSSR count). The fraction of sp³-hybridized carbons (Fsp3) is 0.750. The van der Waals surface area contributed by atoms with E-state index in [0.717, 1.165) is 0 Å². The summed E-state index contributed by atoms with van der Waals surface area (Å²) in [5.41, 5.74) is 5.26. The third-order valence-electron chi connectivity index (χ3n) is 2.02. The smallest absolute Gasteiger partial charge is 0.329 e. The summed E-state index contributed by atoms with van der Waals surface area (Å²) in [6, 6.07) is 0. The van der Waals surface area contributed by atoms with E-state index in [1.54, 1.807) is 7.05 Å². The molecule has 0 fully saturated rings. The van der Waals surface area contributed by atoms with E-state index in [-0.39, 0.29) is 19.6 Å². The minimum atomic E-state index is -4.23. The lowest BCUT2D eigenvalue weighted by Crippen LogP contribution is -2.37. The fourth-order valence-electron chi connectivity index (χ4n) is 1.31. The molecule has 16 heavy (non-hydrogen) atoms. The lowest BCUT2D eigenvalue weighted by molar-refractivity contribution is -0.147. The van der Waals surface area contributed by atoms with Crippen molar-refractivity contribution in [3.8, 4) is 0 Å². The zero-order chi connectivity index (χ0) is 12.2. The predicted octanol–water partition coefficient (Wildman–Crippen LogP) is 0.138. The van der Waals surface area contributed by atoms with Crippen molar-refractivity contribution in [2.45, 2.75) is 12.7 Å². The molecule has 0 aliphatic heterocycles. The molecule has 8 heteroatoms. The normalized spacial score (nSPS) is 12.4. The number of alkyl halides is 3. The van der Waals surface area contributed by atoms with Crippen LogP contribution in [0.15, 0.2) is 6.33 Å². The number of hydrogen-bond acceptors (Lipinski definition) is 4. The van der Waals surface area contributed by atoms with Gasteiger partial charge in [0, 0.05) is 20.1 Å². The van der Waals surface area contributed by atoms with Crippen molar-refractivity contribution in [1.29, 1.82) is 0 Å². The first kappa shape index (κ1) is 12.9. The van der Waals surface area contributed by atoms with Crippen molar-refractivity contribution >= 4 is 0 Å². The quantitative estimate of drug-likeness (QED) is 0.791. The molecule has 0 saturated heterocycles. The molecule has 0 bridgehead atoms. The van der Waals surface area contributed by atoms with Crippen molar-refractivity contribution < 1.29 is 13.2 Å². The molecule has 0 aliphatic carbocycles. The molecule has 1 aromatic rings. The Morgan fingerprint density at radius 2 is 2.19 bits per heavy atom. The molecule has 0 unspecified atom stereocenters. The van der Waals surface area contributed by atoms with E-state index in [2.05, 4.69) is 10.1 Å². The maximum Gasteiger partial charge on any atom is 0.401 e. The van der Waals surface area contributed by atoms with Crippen LogP contribution < -0.4 is 5.73 Å². The summed E-state index contributed by atoms with van der Waals surface area (Å²) in [4.78, 5) is 5.07. The van der Waals surface area contributed by atoms with Crippen molar-refractivity contribution in [1.82, 2.24) is 19.7 Å². The Kier molecular flexibility index (Phi) is 4.25. The van der Waals surface area contributed by atoms with Crippen molar-refractivity contribution in [2.75, 3.05) is 19.6 Å². The molecule has 0 aromatic carbocycles. The summed E-state index contributed by atoms with van der Waals surface area (Å²) in [5.74, 6) is 0.484. The van der Waals surface area contributed by atoms with E-state index in [4.69, 9.17) is 5.73 Å². The van der Waals surface area contributed by atoms with Crippen LogP contribution in [0, 0.1) is 0 Å². The molecule has 1 heterocycles. The van der Waals surface area contributed by atoms with Gasteiger partial charge in [-0.3, -0.25) is 9.58 Å². The van der Waals surface area contributed by atoms with Gasteiger partial charge in [-0.25, -0.2) is 4.98 Å². The van der Waals surface area contributed by atoms with Gasteiger partial charge in [0.2, 0.25) is 0 Å². The van der Waals surface area contributed by atoms with Crippen LogP contribution in [0.25, 0.3) is 0 Å². The highest BCUT2D eigenvalue weighted by molar-refractivity contribution is 4.84. The van der Waals surface area contributed by atoms with Gasteiger partial charge in [-0.2, -0.15) is 18.3 Å². The molecule has 0 spiro atoms. The van der Waals surface area contributed by atoms with E-state index in [1.807, 2.05) is 0 Å². The average Bonchev–Trinajstić information content (AvgIpc) is 2.49. The molecular weight excluding hydrogens is 223 g/mol. The summed E-state index contributed by atoms with van der Waals surface area (Å²) in [6.07, 6.45) is -2.92. The summed E-state index contributed by atoms with van der Waals surface area (Å²) in [7, 11) is 1.64. The molecule has 0 radical (unpaired) electrons. The maximum absolute atomic E-state index is 12.2. The van der Waals surface area contributed by atoms with Gasteiger partial charge in [-0.1, -0.05) is 0 Å². The lowest BCUT2D eigenvalue weighted by Gasteiger charge is -2.22. The number of rotatable bonds is 5. The van der Waals surface area contributed by atoms with Gasteiger partial charge in [0.05, 0.1) is 13.1 Å². The second-order valence-corrected chi connectivity index (χ2v) is 3.41. The standard InChI is InChI=1S/C8H14F3N5/c1-15-7(13-6-14-15)4-16(3-2-12)5-8(9,10)11/h6H,2-5,12H2,1H3. The van der Waals surface area contributed by atoms with E-state index in [0.29, 0.717) is 5.82 Å². The Morgan fingerprint density at radius 3 is 2.62 bits per heavy atom. The third-order valence-corrected chi connectivity index (χ3v) is 2.02. The van der Waals surface area contributed by atoms with Crippen LogP contribution in [0.2, 0.25) is 0 Å². The van der Waals surface area contributed by atoms with Crippen molar-refractivity contribution in [3.63, 3.8) is 0 Å². The molecule has 1 aromatic heterocycles. The van der Waals surface area contributed by atoms with Crippen LogP contribution in [0.3, 0.4) is 0 Å². The van der Waals surface area contributed by atoms with Gasteiger partial charge in [-0.05, 0) is 0 Å². The van der Waals surface area contributed by atoms with E-state index < -0.39 is 12.7 Å². The highest BCUT2D eigenvalue weighted by Crippen LogP contribution is 2.17. The Morgan fingerprint density at radius 1 is 1.50 bits per heavy atom. The molecule has 2 N–H and O–H groups in total. The minimum absolute atomic E-state index is 0.0905. The predicted molar refractivity (Wildman–Crippen MR) is 51.4 cm³/mol. The van der Waals surface area contributed by atoms with E-state index >= 15 is 0 Å². The zero-order valence-electron chi connectivity index (χ0n) is 8.91. The third kappa shape index (κ3) is 4.15. The number of nitrogens with zero attached hydrogens (tertiary/aromatic N) is 4. The monoisotopic (exact) mass is 237 g/mol. The highest BCUT2D eigenvalue weighted by atomic mass is 19.4. The maximum atomic E-state index is 12.2. The molecule has 92 valence electrons. The van der Waals surface area contributed by atoms with Crippen molar-refractivity contribution in [3.05, 3.63) is 12.2 Å². The van der Waals surface area contributed by atoms with Gasteiger partial charge in [0.1, 0.15) is 12.2 Å². The molecule has 0 amide bonds. The first-order chi connectivity index (χ1) is 7.42. The van der Waals surface area contributed by atoms with Crippen LogP contribution in [0.4, 0.5) is 13.2 Å². The Bertz CT molecular complexity index is 322. The Labute approximate surface area is 91.0 Å². The summed E-state index contributed by atoms with van der Waals surface area (Å²) in [6.45, 7) is -0.551. The zero-order valence-corrected chi connectivity index (χ0v) is 8.91. The first-order valence-corrected chi connectivity index (χ1v) is 4.74. The Balaban J connectivity index is 2.61. The van der Waals surface area contributed by atoms with Crippen LogP contribution in [0.5, 0.6) is 0 Å². The molecule has 0 aliphatic rings. The van der Waals surface area contributed by atoms with Gasteiger partial charge in [-0.15, -0.1) is 0 Å². The van der Waals surface area contributed by atoms with Gasteiger partial charge in [0.15, 0.2) is 0 Å². The number of aryl methyl sites for hydroxylation is 1. The SMILES string of the molecule is Cn1ncnc1CN(CCN)CC(F)(F)F. The number of nitrogens with two attached hydrogens (primary N) is 1. The number of halogens is 3. The largest absolute Gasteiger partial charge is 0.401 e. The second-order valence-electron chi connectivity index (χ2n) is 3.41. The minimum Gasteiger partial charge on any atom is -0.329 e. The molecular formula is C8H14F3N5. The molecule has 0 atom stereocenters. The molecule has 5 nitrogen and oxygen atoms in total. The highest BCUT2D eigenvalue weighted by Gasteiger charge is 2.30. The summed E-state index contributed by atoms with van der Waals surface area (Å²) < 4.78 is 38.1. The molecule has 0 saturated carbocycles. The first-order valence-electron chi connectivity index (χ1n) is 4.74. The van der Waals surface area contributed by atoms with Crippen molar-refractivity contribution in [2.24, 2.45) is 12.8 Å². The Hall–Kier alpha value is -1.15. The fourth-order valence-corrected chi connectivity index (χ4v) is 1.31. The number of aromatic nitrogens is 3. The summed E-state index contributed by atoms with van der Waals surface area (Å²) in [5, 5.41) is 3.79. The van der Waals surface area contributed by atoms with Crippen LogP contribution in [0.1, 0.15) is 5.82 Å². The van der Waals surface area contributed by atoms with Gasteiger partial charge in [0.25, 0.3) is 0 Å². The average molecular weight is 237 g/mol. The number of hydrogen-bond donors (Lipinski definition) is 1. The van der Waals surface area contributed by atoms with Crippen LogP contribution in [-0.4, -0.2) is 45.5 Å². The topological polar surface area (TPSA) is 60.0 Å². The van der Waals surface area contributed by atoms with Gasteiger partial charge < -0.3 is 5.73 Å². The van der Waals surface area contributed by atoms with Crippen LogP contribution in [-0.2, 0) is 13.6 Å². The lowest BCUT2D eigenvalue weighted by atomic mass is 10.4. The second kappa shape index (κ2) is 5.26.